The Morgan fingerprint density at radius 1 is 0.432 bits per heavy atom. The third-order valence-corrected chi connectivity index (χ3v) is 21.8. The fourth-order valence-corrected chi connectivity index (χ4v) is 14.3. The number of methoxy groups -OCH3 is 5. The van der Waals surface area contributed by atoms with Gasteiger partial charge in [0.25, 0.3) is 29.5 Å². The molecule has 0 aliphatic carbocycles. The number of hydrogen-bond acceptors (Lipinski definition) is 31. The van der Waals surface area contributed by atoms with Crippen LogP contribution in [0.2, 0.25) is 0 Å². The fraction of sp³-hybridized carbons (Fsp3) is 0.188. The number of aryl methyl sites for hydroxylation is 4. The number of rotatable bonds is 33. The minimum absolute atomic E-state index is 0.0390. The number of primary sulfonamides is 1. The molecule has 8 amide bonds. The molecular formula is C96H97F2N23O17S. The van der Waals surface area contributed by atoms with Crippen molar-refractivity contribution in [2.45, 2.75) is 91.1 Å². The van der Waals surface area contributed by atoms with Gasteiger partial charge in [0, 0.05) is 65.3 Å². The number of carbonyl (C=O) groups is 8. The summed E-state index contributed by atoms with van der Waals surface area (Å²) < 4.78 is 92.7. The van der Waals surface area contributed by atoms with Crippen molar-refractivity contribution in [3.05, 3.63) is 269 Å². The molecular weight excluding hydrogens is 1820 g/mol. The molecule has 40 nitrogen and oxygen atoms in total. The molecule has 5 aromatic heterocycles. The van der Waals surface area contributed by atoms with E-state index in [1.807, 2.05) is 45.9 Å². The van der Waals surface area contributed by atoms with Crippen molar-refractivity contribution >= 4 is 156 Å². The molecule has 14 rings (SSSR count). The maximum absolute atomic E-state index is 14.8. The fourth-order valence-electron chi connectivity index (χ4n) is 13.4. The molecule has 12 aromatic rings. The van der Waals surface area contributed by atoms with E-state index in [2.05, 4.69) is 134 Å². The van der Waals surface area contributed by atoms with E-state index < -0.39 is 44.7 Å². The smallest absolute Gasteiger partial charge is 0.269 e. The molecule has 139 heavy (non-hydrogen) atoms. The maximum atomic E-state index is 14.8. The summed E-state index contributed by atoms with van der Waals surface area (Å²) in [6.07, 6.45) is 7.01. The summed E-state index contributed by atoms with van der Waals surface area (Å²) in [5.74, 6) is -1.67. The number of benzene rings is 7. The van der Waals surface area contributed by atoms with Crippen LogP contribution in [-0.4, -0.2) is 142 Å². The van der Waals surface area contributed by atoms with Crippen LogP contribution in [-0.2, 0) is 53.6 Å². The first-order valence-electron chi connectivity index (χ1n) is 42.1. The number of nitrogens with one attached hydrogen (secondary N) is 14. The Bertz CT molecular complexity index is 6970. The van der Waals surface area contributed by atoms with Gasteiger partial charge in [0.15, 0.2) is 80.6 Å². The van der Waals surface area contributed by atoms with Gasteiger partial charge >= 0.3 is 0 Å². The largest absolute Gasteiger partial charge is 0.495 e. The Labute approximate surface area is 796 Å². The average Bonchev–Trinajstić information content (AvgIpc) is 0.785. The SMILES string of the molecule is C=CC(=O)NCc1ccc(NC(=O)c2cc(Nc3ncc(F)c(Nc4ccc5c(n4)NC(=O)C(C)(C)O5)n3)c(OC)c(OC)c2)cc1C.C=CC(=O)NCc1ccc(NC(=O)c2cc(Nc3nccc(Nc4cccc(OC)c4S(N)(=O)=O)n3)c(OC)c(OC)c2)cc1C.C=CC(=O)NCc1ccc(NC(=O)c2ccc(C)c(Nc3ncc(F)c(Nc4ccc5c(n4)NC(=O)C(C)(C)O5)n3)c2)cc1C. The van der Waals surface area contributed by atoms with Gasteiger partial charge in [-0.15, -0.1) is 0 Å². The number of anilines is 17. The van der Waals surface area contributed by atoms with Crippen molar-refractivity contribution in [1.29, 1.82) is 0 Å². The van der Waals surface area contributed by atoms with Crippen LogP contribution in [0.4, 0.5) is 107 Å². The van der Waals surface area contributed by atoms with E-state index in [9.17, 15) is 55.6 Å². The summed E-state index contributed by atoms with van der Waals surface area (Å²) in [5, 5.41) is 45.2. The van der Waals surface area contributed by atoms with Crippen molar-refractivity contribution in [3.63, 3.8) is 0 Å². The molecule has 0 radical (unpaired) electrons. The lowest BCUT2D eigenvalue weighted by molar-refractivity contribution is -0.130. The van der Waals surface area contributed by atoms with Gasteiger partial charge in [-0.1, -0.05) is 50.1 Å². The Kier molecular flexibility index (Phi) is 31.7. The molecule has 2 aliphatic rings. The van der Waals surface area contributed by atoms with Gasteiger partial charge in [-0.05, 0) is 228 Å². The highest BCUT2D eigenvalue weighted by molar-refractivity contribution is 7.89. The highest BCUT2D eigenvalue weighted by Gasteiger charge is 2.38. The van der Waals surface area contributed by atoms with Crippen LogP contribution in [0.25, 0.3) is 0 Å². The lowest BCUT2D eigenvalue weighted by atomic mass is 10.1. The molecule has 0 saturated carbocycles. The summed E-state index contributed by atoms with van der Waals surface area (Å²) in [4.78, 5) is 132. The van der Waals surface area contributed by atoms with Crippen LogP contribution in [0.3, 0.4) is 0 Å². The van der Waals surface area contributed by atoms with Crippen LogP contribution in [0.15, 0.2) is 207 Å². The molecule has 7 aromatic carbocycles. The van der Waals surface area contributed by atoms with Gasteiger partial charge in [0.1, 0.15) is 28.1 Å². The quantitative estimate of drug-likeness (QED) is 0.0170. The molecule has 7 heterocycles. The molecule has 43 heteroatoms. The normalized spacial score (nSPS) is 12.2. The molecule has 0 fully saturated rings. The van der Waals surface area contributed by atoms with Crippen molar-refractivity contribution < 1.29 is 88.7 Å². The second-order valence-corrected chi connectivity index (χ2v) is 33.0. The lowest BCUT2D eigenvalue weighted by Crippen LogP contribution is -2.46. The third-order valence-electron chi connectivity index (χ3n) is 20.8. The topological polar surface area (TPSA) is 533 Å². The average molecular weight is 1920 g/mol. The van der Waals surface area contributed by atoms with Crippen molar-refractivity contribution in [1.82, 2.24) is 55.8 Å². The van der Waals surface area contributed by atoms with Crippen LogP contribution in [0.1, 0.15) is 97.7 Å². The minimum atomic E-state index is -4.15. The molecule has 718 valence electrons. The van der Waals surface area contributed by atoms with Gasteiger partial charge in [-0.25, -0.2) is 47.3 Å². The van der Waals surface area contributed by atoms with E-state index in [-0.39, 0.29) is 150 Å². The first kappa shape index (κ1) is 100. The van der Waals surface area contributed by atoms with Crippen molar-refractivity contribution in [3.8, 4) is 40.2 Å². The van der Waals surface area contributed by atoms with E-state index in [1.165, 1.54) is 96.4 Å². The summed E-state index contributed by atoms with van der Waals surface area (Å²) in [6.45, 7) is 25.3. The van der Waals surface area contributed by atoms with Gasteiger partial charge < -0.3 is 108 Å². The van der Waals surface area contributed by atoms with Crippen LogP contribution in [0, 0.1) is 39.3 Å². The number of amides is 8. The van der Waals surface area contributed by atoms with Crippen molar-refractivity contribution in [2.75, 3.05) is 94.0 Å². The number of aromatic nitrogens is 8. The predicted molar refractivity (Wildman–Crippen MR) is 519 cm³/mol. The molecule has 2 aliphatic heterocycles. The zero-order valence-electron chi connectivity index (χ0n) is 77.3. The molecule has 16 N–H and O–H groups in total. The Morgan fingerprint density at radius 3 is 1.22 bits per heavy atom. The van der Waals surface area contributed by atoms with Gasteiger partial charge in [-0.3, -0.25) is 38.4 Å². The first-order valence-corrected chi connectivity index (χ1v) is 43.6. The number of carbonyl (C=O) groups excluding carboxylic acids is 8. The maximum Gasteiger partial charge on any atom is 0.269 e. The van der Waals surface area contributed by atoms with E-state index in [0.29, 0.717) is 65.1 Å². The zero-order valence-corrected chi connectivity index (χ0v) is 78.1. The van der Waals surface area contributed by atoms with Crippen LogP contribution in [0.5, 0.6) is 40.2 Å². The van der Waals surface area contributed by atoms with E-state index >= 15 is 0 Å². The first-order chi connectivity index (χ1) is 66.3. The third kappa shape index (κ3) is 25.4. The van der Waals surface area contributed by atoms with Crippen LogP contribution < -0.4 is 113 Å². The van der Waals surface area contributed by atoms with E-state index in [4.69, 9.17) is 38.3 Å². The number of fused-ring (bicyclic) bond motifs is 2. The number of sulfonamides is 1. The Hall–Kier alpha value is -17.8. The summed E-state index contributed by atoms with van der Waals surface area (Å²) in [7, 11) is 2.92. The number of nitrogens with two attached hydrogens (primary N) is 1. The standard InChI is InChI=1S/C33H33FN8O6.C32H31FN8O4.C31H33N7O7S/c1-7-26(43)35-15-18-8-9-20(12-17(18)2)37-30(44)19-13-22(27(47-6)24(14-19)46-5)38-32-36-16-21(34)28(42-32)39-25-11-10-23-29(40-25)41-31(45)33(3,4)48-23;1-6-26(42)34-15-20-9-10-21(13-18(20)3)36-29(43)19-8-7-17(2)23(14-19)37-31-35-16-22(33)27(41-31)38-25-12-11-24-28(39-25)40-30(44)32(4,5)45-24;1-6-27(39)34-17-19-10-11-21(14-18(19)2)35-30(40)20-15-23(28(45-5)25(16-20)44-4)37-31-33-13-12-26(38-31)36-22-8-7-9-24(43-3)29(22)46(32,41)42/h7-14,16H,1,15H2,2-6H3,(H,35,43)(H,37,44)(H3,36,38,39,40,41,42,45);6-14,16H,1,15H2,2-5H3,(H,34,42)(H,36,43)(H3,35,37,38,39,40,41,44);6-16H,1,17H2,2-5H3,(H,34,39)(H,35,40)(H2,32,41,42)(H2,33,36,37,38). The Balaban J connectivity index is 0.000000187. The highest BCUT2D eigenvalue weighted by atomic mass is 32.2. The highest BCUT2D eigenvalue weighted by Crippen LogP contribution is 2.43. The van der Waals surface area contributed by atoms with Crippen molar-refractivity contribution in [2.24, 2.45) is 5.14 Å². The molecule has 0 unspecified atom stereocenters. The lowest BCUT2D eigenvalue weighted by Gasteiger charge is -2.30. The zero-order chi connectivity index (χ0) is 100. The molecule has 0 spiro atoms. The van der Waals surface area contributed by atoms with Gasteiger partial charge in [-0.2, -0.15) is 15.0 Å². The number of nitrogens with zero attached hydrogens (tertiary/aromatic N) is 8. The van der Waals surface area contributed by atoms with Gasteiger partial charge in [0.2, 0.25) is 45.6 Å². The number of halogens is 2. The number of hydrogen-bond donors (Lipinski definition) is 15. The van der Waals surface area contributed by atoms with E-state index in [1.54, 1.807) is 119 Å². The summed E-state index contributed by atoms with van der Waals surface area (Å²) in [6, 6.07) is 39.7. The van der Waals surface area contributed by atoms with E-state index in [0.717, 1.165) is 51.3 Å². The molecule has 0 bridgehead atoms. The monoisotopic (exact) mass is 1910 g/mol. The number of ether oxygens (including phenoxy) is 7. The minimum Gasteiger partial charge on any atom is -0.495 e. The summed E-state index contributed by atoms with van der Waals surface area (Å²) >= 11 is 0. The second kappa shape index (κ2) is 43.9. The van der Waals surface area contributed by atoms with Crippen LogP contribution >= 0.6 is 0 Å². The predicted octanol–water partition coefficient (Wildman–Crippen LogP) is 14.3. The Morgan fingerprint density at radius 2 is 0.827 bits per heavy atom. The number of pyridine rings is 2. The molecule has 0 atom stereocenters. The second-order valence-electron chi connectivity index (χ2n) is 31.5. The molecule has 0 saturated heterocycles. The summed E-state index contributed by atoms with van der Waals surface area (Å²) in [5.41, 5.74) is 7.73. The van der Waals surface area contributed by atoms with Gasteiger partial charge in [0.05, 0.1) is 65.0 Å².